The van der Waals surface area contributed by atoms with Gasteiger partial charge in [0.25, 0.3) is 0 Å². The third-order valence-corrected chi connectivity index (χ3v) is 3.40. The number of rotatable bonds is 2. The molecular weight excluding hydrogens is 219 g/mol. The van der Waals surface area contributed by atoms with Crippen molar-refractivity contribution in [2.75, 3.05) is 0 Å². The minimum atomic E-state index is -0.294. The van der Waals surface area contributed by atoms with Crippen LogP contribution in [-0.4, -0.2) is 11.2 Å². The van der Waals surface area contributed by atoms with Crippen LogP contribution in [0.25, 0.3) is 0 Å². The molecular formula is C11H12Cl2O. The first-order valence-electron chi connectivity index (χ1n) is 4.72. The molecule has 1 fully saturated rings. The summed E-state index contributed by atoms with van der Waals surface area (Å²) >= 11 is 12.2. The first-order valence-corrected chi connectivity index (χ1v) is 5.48. The van der Waals surface area contributed by atoms with Gasteiger partial charge in [-0.05, 0) is 37.0 Å². The average Bonchev–Trinajstić information content (AvgIpc) is 2.78. The highest BCUT2D eigenvalue weighted by atomic mass is 35.5. The summed E-state index contributed by atoms with van der Waals surface area (Å²) in [6.07, 6.45) is 6.06. The van der Waals surface area contributed by atoms with Crippen molar-refractivity contribution < 1.29 is 5.11 Å². The number of hydrogen-bond acceptors (Lipinski definition) is 1. The van der Waals surface area contributed by atoms with Gasteiger partial charge >= 0.3 is 0 Å². The summed E-state index contributed by atoms with van der Waals surface area (Å²) in [7, 11) is 0. The highest BCUT2D eigenvalue weighted by Gasteiger charge is 2.48. The van der Waals surface area contributed by atoms with E-state index in [0.29, 0.717) is 5.92 Å². The van der Waals surface area contributed by atoms with Crippen LogP contribution in [0.1, 0.15) is 13.3 Å². The Hall–Kier alpha value is -0.240. The Bertz CT molecular complexity index is 339. The fourth-order valence-electron chi connectivity index (χ4n) is 2.04. The van der Waals surface area contributed by atoms with Crippen LogP contribution in [0.5, 0.6) is 0 Å². The summed E-state index contributed by atoms with van der Waals surface area (Å²) in [6.45, 7) is 1.79. The van der Waals surface area contributed by atoms with Crippen LogP contribution in [0, 0.1) is 11.8 Å². The third kappa shape index (κ3) is 1.77. The normalized spacial score (nSPS) is 32.1. The van der Waals surface area contributed by atoms with E-state index < -0.39 is 0 Å². The van der Waals surface area contributed by atoms with Gasteiger partial charge in [0, 0.05) is 16.0 Å². The lowest BCUT2D eigenvalue weighted by Gasteiger charge is -2.01. The number of fused-ring (bicyclic) bond motifs is 1. The van der Waals surface area contributed by atoms with Crippen molar-refractivity contribution in [2.24, 2.45) is 11.8 Å². The number of aliphatic hydroxyl groups excluding tert-OH is 1. The number of aliphatic hydroxyl groups is 1. The molecule has 0 bridgehead atoms. The molecule has 0 saturated heterocycles. The molecule has 0 heterocycles. The van der Waals surface area contributed by atoms with E-state index in [1.807, 2.05) is 18.2 Å². The van der Waals surface area contributed by atoms with Crippen LogP contribution in [0.4, 0.5) is 0 Å². The molecule has 3 heteroatoms. The second kappa shape index (κ2) is 3.73. The van der Waals surface area contributed by atoms with Crippen molar-refractivity contribution >= 4 is 23.2 Å². The molecule has 0 spiro atoms. The van der Waals surface area contributed by atoms with E-state index in [-0.39, 0.29) is 12.0 Å². The van der Waals surface area contributed by atoms with Crippen molar-refractivity contribution in [2.45, 2.75) is 19.4 Å². The third-order valence-electron chi connectivity index (χ3n) is 2.69. The number of hydrogen-bond donors (Lipinski definition) is 1. The molecule has 1 N–H and O–H groups in total. The minimum absolute atomic E-state index is 0.258. The lowest BCUT2D eigenvalue weighted by Crippen LogP contribution is -2.01. The predicted octanol–water partition coefficient (Wildman–Crippen LogP) is 3.19. The Morgan fingerprint density at radius 3 is 2.86 bits per heavy atom. The lowest BCUT2D eigenvalue weighted by molar-refractivity contribution is 0.177. The Morgan fingerprint density at radius 2 is 2.21 bits per heavy atom. The van der Waals surface area contributed by atoms with Gasteiger partial charge in [-0.25, -0.2) is 0 Å². The molecule has 0 aliphatic heterocycles. The molecule has 14 heavy (non-hydrogen) atoms. The maximum Gasteiger partial charge on any atom is 0.0518 e. The molecule has 0 amide bonds. The summed E-state index contributed by atoms with van der Waals surface area (Å²) in [5.74, 6) is 0.602. The van der Waals surface area contributed by atoms with E-state index in [9.17, 15) is 5.11 Å². The fourth-order valence-corrected chi connectivity index (χ4v) is 2.71. The number of allylic oxidation sites excluding steroid dienone is 6. The van der Waals surface area contributed by atoms with Gasteiger partial charge in [-0.2, -0.15) is 0 Å². The molecule has 1 nitrogen and oxygen atoms in total. The van der Waals surface area contributed by atoms with E-state index in [1.54, 1.807) is 6.92 Å². The summed E-state index contributed by atoms with van der Waals surface area (Å²) in [6, 6.07) is 0. The van der Waals surface area contributed by atoms with E-state index in [4.69, 9.17) is 23.2 Å². The van der Waals surface area contributed by atoms with Crippen LogP contribution in [0.2, 0.25) is 0 Å². The second-order valence-corrected chi connectivity index (χ2v) is 4.73. The lowest BCUT2D eigenvalue weighted by atomic mass is 10.1. The predicted molar refractivity (Wildman–Crippen MR) is 59.2 cm³/mol. The van der Waals surface area contributed by atoms with Gasteiger partial charge in [0.05, 0.1) is 6.10 Å². The van der Waals surface area contributed by atoms with Gasteiger partial charge in [-0.3, -0.25) is 0 Å². The van der Waals surface area contributed by atoms with Crippen molar-refractivity contribution in [1.29, 1.82) is 0 Å². The summed E-state index contributed by atoms with van der Waals surface area (Å²) < 4.78 is 0. The van der Waals surface area contributed by atoms with Gasteiger partial charge in [0.1, 0.15) is 0 Å². The van der Waals surface area contributed by atoms with Crippen LogP contribution in [0.3, 0.4) is 0 Å². The Morgan fingerprint density at radius 1 is 1.50 bits per heavy atom. The second-order valence-electron chi connectivity index (χ2n) is 3.88. The monoisotopic (exact) mass is 230 g/mol. The average molecular weight is 231 g/mol. The zero-order valence-corrected chi connectivity index (χ0v) is 9.39. The highest BCUT2D eigenvalue weighted by molar-refractivity contribution is 6.34. The van der Waals surface area contributed by atoms with Gasteiger partial charge < -0.3 is 5.11 Å². The van der Waals surface area contributed by atoms with Crippen molar-refractivity contribution in [3.8, 4) is 0 Å². The zero-order valence-electron chi connectivity index (χ0n) is 7.87. The van der Waals surface area contributed by atoms with Crippen LogP contribution in [-0.2, 0) is 0 Å². The summed E-state index contributed by atoms with van der Waals surface area (Å²) in [5.41, 5.74) is 1.18. The highest BCUT2D eigenvalue weighted by Crippen LogP contribution is 2.57. The largest absolute Gasteiger partial charge is 0.393 e. The first kappa shape index (κ1) is 10.3. The molecule has 1 saturated carbocycles. The van der Waals surface area contributed by atoms with E-state index >= 15 is 0 Å². The Labute approximate surface area is 93.7 Å². The first-order chi connectivity index (χ1) is 6.61. The SMILES string of the molecule is C[C@H](O)CC1C2=C(Cl)C=CC=C(Cl)[C@H]21. The molecule has 3 atom stereocenters. The van der Waals surface area contributed by atoms with E-state index in [2.05, 4.69) is 0 Å². The Balaban J connectivity index is 2.21. The molecule has 76 valence electrons. The summed E-state index contributed by atoms with van der Waals surface area (Å²) in [5, 5.41) is 10.9. The van der Waals surface area contributed by atoms with Gasteiger partial charge in [0.15, 0.2) is 0 Å². The van der Waals surface area contributed by atoms with Gasteiger partial charge in [0.2, 0.25) is 0 Å². The van der Waals surface area contributed by atoms with E-state index in [0.717, 1.165) is 16.5 Å². The van der Waals surface area contributed by atoms with Crippen LogP contribution in [0.15, 0.2) is 33.9 Å². The zero-order chi connectivity index (χ0) is 10.3. The Kier molecular flexibility index (Phi) is 2.74. The quantitative estimate of drug-likeness (QED) is 0.773. The van der Waals surface area contributed by atoms with Gasteiger partial charge in [-0.15, -0.1) is 0 Å². The molecule has 0 aromatic rings. The minimum Gasteiger partial charge on any atom is -0.393 e. The molecule has 2 rings (SSSR count). The molecule has 0 aromatic carbocycles. The van der Waals surface area contributed by atoms with Crippen LogP contribution >= 0.6 is 23.2 Å². The number of halogens is 2. The maximum absolute atomic E-state index is 9.31. The molecule has 1 unspecified atom stereocenters. The topological polar surface area (TPSA) is 20.2 Å². The van der Waals surface area contributed by atoms with Gasteiger partial charge in [-0.1, -0.05) is 29.3 Å². The molecule has 2 aliphatic carbocycles. The fraction of sp³-hybridized carbons (Fsp3) is 0.455. The van der Waals surface area contributed by atoms with Crippen molar-refractivity contribution in [3.63, 3.8) is 0 Å². The smallest absolute Gasteiger partial charge is 0.0518 e. The van der Waals surface area contributed by atoms with Crippen LogP contribution < -0.4 is 0 Å². The van der Waals surface area contributed by atoms with E-state index in [1.165, 1.54) is 5.57 Å². The van der Waals surface area contributed by atoms with Crippen molar-refractivity contribution in [3.05, 3.63) is 33.9 Å². The standard InChI is InChI=1S/C11H12Cl2O/c1-6(14)5-7-10-8(12)3-2-4-9(13)11(7)10/h2-4,6-7,10,14H,5H2,1H3/t6-,7?,10+/m0/s1. The van der Waals surface area contributed by atoms with Crippen molar-refractivity contribution in [1.82, 2.24) is 0 Å². The maximum atomic E-state index is 9.31. The summed E-state index contributed by atoms with van der Waals surface area (Å²) in [4.78, 5) is 0. The molecule has 0 aromatic heterocycles. The molecule has 0 radical (unpaired) electrons. The molecule has 2 aliphatic rings.